The molecule has 3 aromatic carbocycles. The zero-order chi connectivity index (χ0) is 21.6. The predicted molar refractivity (Wildman–Crippen MR) is 119 cm³/mol. The van der Waals surface area contributed by atoms with E-state index >= 15 is 0 Å². The minimum atomic E-state index is -1.10. The summed E-state index contributed by atoms with van der Waals surface area (Å²) in [6.07, 6.45) is 3.24. The largest absolute Gasteiger partial charge is 0.361 e. The molecule has 0 saturated carbocycles. The van der Waals surface area contributed by atoms with Gasteiger partial charge < -0.3 is 5.73 Å². The van der Waals surface area contributed by atoms with E-state index < -0.39 is 11.8 Å². The Hall–Kier alpha value is -4.52. The average Bonchev–Trinajstić information content (AvgIpc) is 3.24. The van der Waals surface area contributed by atoms with E-state index in [2.05, 4.69) is 22.7 Å². The van der Waals surface area contributed by atoms with E-state index in [4.69, 9.17) is 10.8 Å². The van der Waals surface area contributed by atoms with Gasteiger partial charge in [0.25, 0.3) is 0 Å². The number of nitrogens with two attached hydrogens (primary N) is 1. The van der Waals surface area contributed by atoms with Crippen LogP contribution >= 0.6 is 0 Å². The molecule has 4 aromatic rings. The van der Waals surface area contributed by atoms with Crippen LogP contribution in [0.15, 0.2) is 96.2 Å². The molecule has 1 aromatic heterocycles. The highest BCUT2D eigenvalue weighted by Gasteiger charge is 2.12. The molecule has 0 fully saturated rings. The van der Waals surface area contributed by atoms with Crippen LogP contribution in [0.1, 0.15) is 5.56 Å². The van der Waals surface area contributed by atoms with Crippen molar-refractivity contribution in [2.24, 2.45) is 10.8 Å². The summed E-state index contributed by atoms with van der Waals surface area (Å²) in [5.74, 6) is -2.09. The number of hydrogen-bond donors (Lipinski definition) is 2. The summed E-state index contributed by atoms with van der Waals surface area (Å²) in [4.78, 5) is 22.3. The van der Waals surface area contributed by atoms with Gasteiger partial charge in [-0.05, 0) is 23.3 Å². The first kappa shape index (κ1) is 19.8. The number of aromatic nitrogens is 2. The molecular weight excluding hydrogens is 390 g/mol. The number of primary amides is 1. The number of carbonyl (C=O) groups is 2. The van der Waals surface area contributed by atoms with Crippen LogP contribution in [0.5, 0.6) is 0 Å². The molecule has 31 heavy (non-hydrogen) atoms. The number of amides is 2. The van der Waals surface area contributed by atoms with Gasteiger partial charge in [0.2, 0.25) is 0 Å². The molecule has 2 amide bonds. The van der Waals surface area contributed by atoms with Gasteiger partial charge >= 0.3 is 11.8 Å². The Bertz CT molecular complexity index is 1230. The molecule has 0 aliphatic carbocycles. The number of rotatable bonds is 5. The number of benzene rings is 3. The van der Waals surface area contributed by atoms with Crippen molar-refractivity contribution in [1.29, 1.82) is 0 Å². The molecule has 0 aliphatic heterocycles. The Morgan fingerprint density at radius 3 is 2.06 bits per heavy atom. The number of nitrogens with zero attached hydrogens (tertiary/aromatic N) is 3. The molecule has 0 atom stereocenters. The third-order valence-corrected chi connectivity index (χ3v) is 4.62. The van der Waals surface area contributed by atoms with E-state index in [1.807, 2.05) is 72.8 Å². The van der Waals surface area contributed by atoms with Gasteiger partial charge in [-0.3, -0.25) is 9.59 Å². The van der Waals surface area contributed by atoms with Crippen LogP contribution in [0.2, 0.25) is 0 Å². The first-order valence-electron chi connectivity index (χ1n) is 9.55. The molecule has 0 aliphatic rings. The van der Waals surface area contributed by atoms with E-state index in [0.29, 0.717) is 11.3 Å². The van der Waals surface area contributed by atoms with E-state index in [-0.39, 0.29) is 0 Å². The molecule has 0 saturated heterocycles. The average molecular weight is 409 g/mol. The quantitative estimate of drug-likeness (QED) is 0.301. The zero-order valence-electron chi connectivity index (χ0n) is 16.5. The Balaban J connectivity index is 1.69. The maximum absolute atomic E-state index is 11.4. The number of hydrogen-bond acceptors (Lipinski definition) is 4. The second-order valence-corrected chi connectivity index (χ2v) is 6.72. The molecule has 7 nitrogen and oxygen atoms in total. The molecule has 152 valence electrons. The fraction of sp³-hybridized carbons (Fsp3) is 0. The van der Waals surface area contributed by atoms with Crippen molar-refractivity contribution in [1.82, 2.24) is 15.2 Å². The summed E-state index contributed by atoms with van der Waals surface area (Å²) in [6, 6.07) is 27.8. The Morgan fingerprint density at radius 2 is 1.42 bits per heavy atom. The molecule has 1 heterocycles. The van der Waals surface area contributed by atoms with Gasteiger partial charge in [0.1, 0.15) is 5.69 Å². The smallest absolute Gasteiger partial charge is 0.329 e. The highest BCUT2D eigenvalue weighted by Crippen LogP contribution is 2.26. The van der Waals surface area contributed by atoms with Crippen LogP contribution in [0.25, 0.3) is 28.1 Å². The monoisotopic (exact) mass is 409 g/mol. The van der Waals surface area contributed by atoms with Crippen LogP contribution in [0.4, 0.5) is 0 Å². The number of carbonyl (C=O) groups excluding carboxylic acids is 2. The second kappa shape index (κ2) is 8.87. The fourth-order valence-corrected chi connectivity index (χ4v) is 3.09. The summed E-state index contributed by atoms with van der Waals surface area (Å²) in [6.45, 7) is 0. The van der Waals surface area contributed by atoms with E-state index in [0.717, 1.165) is 22.4 Å². The number of para-hydroxylation sites is 1. The molecule has 0 unspecified atom stereocenters. The summed E-state index contributed by atoms with van der Waals surface area (Å²) < 4.78 is 1.73. The molecule has 0 bridgehead atoms. The second-order valence-electron chi connectivity index (χ2n) is 6.72. The lowest BCUT2D eigenvalue weighted by Gasteiger charge is -2.04. The van der Waals surface area contributed by atoms with Gasteiger partial charge in [-0.2, -0.15) is 10.2 Å². The van der Waals surface area contributed by atoms with Crippen molar-refractivity contribution in [3.05, 3.63) is 96.7 Å². The summed E-state index contributed by atoms with van der Waals surface area (Å²) >= 11 is 0. The summed E-state index contributed by atoms with van der Waals surface area (Å²) in [7, 11) is 0. The van der Waals surface area contributed by atoms with Crippen molar-refractivity contribution in [3.63, 3.8) is 0 Å². The minimum Gasteiger partial charge on any atom is -0.361 e. The van der Waals surface area contributed by atoms with Crippen LogP contribution in [-0.4, -0.2) is 27.8 Å². The van der Waals surface area contributed by atoms with Crippen LogP contribution < -0.4 is 11.2 Å². The van der Waals surface area contributed by atoms with Crippen LogP contribution in [0, 0.1) is 0 Å². The Labute approximate surface area is 178 Å². The third-order valence-electron chi connectivity index (χ3n) is 4.62. The highest BCUT2D eigenvalue weighted by atomic mass is 16.2. The standard InChI is InChI=1S/C24H19N5O2/c25-23(30)24(31)27-26-15-20-16-29(21-9-5-2-6-10-21)28-22(20)19-13-11-18(12-14-19)17-7-3-1-4-8-17/h1-16H,(H2,25,30)(H,27,31)/b26-15-. The van der Waals surface area contributed by atoms with Crippen molar-refractivity contribution >= 4 is 18.0 Å². The molecule has 0 spiro atoms. The molecule has 3 N–H and O–H groups in total. The number of nitrogens with one attached hydrogen (secondary N) is 1. The SMILES string of the molecule is NC(=O)C(=O)N/N=C\c1cn(-c2ccccc2)nc1-c1ccc(-c2ccccc2)cc1. The highest BCUT2D eigenvalue weighted by molar-refractivity contribution is 6.34. The first-order chi connectivity index (χ1) is 15.1. The minimum absolute atomic E-state index is 0.668. The lowest BCUT2D eigenvalue weighted by atomic mass is 10.0. The van der Waals surface area contributed by atoms with E-state index in [1.165, 1.54) is 6.21 Å². The van der Waals surface area contributed by atoms with Crippen molar-refractivity contribution < 1.29 is 9.59 Å². The lowest BCUT2D eigenvalue weighted by molar-refractivity contribution is -0.137. The van der Waals surface area contributed by atoms with Gasteiger partial charge in [-0.1, -0.05) is 72.8 Å². The van der Waals surface area contributed by atoms with Crippen LogP contribution in [0.3, 0.4) is 0 Å². The Kier molecular flexibility index (Phi) is 5.66. The molecule has 4 rings (SSSR count). The first-order valence-corrected chi connectivity index (χ1v) is 9.55. The summed E-state index contributed by atoms with van der Waals surface area (Å²) in [5, 5.41) is 8.55. The molecular formula is C24H19N5O2. The maximum Gasteiger partial charge on any atom is 0.329 e. The predicted octanol–water partition coefficient (Wildman–Crippen LogP) is 3.14. The van der Waals surface area contributed by atoms with Gasteiger partial charge in [0, 0.05) is 17.3 Å². The van der Waals surface area contributed by atoms with E-state index in [1.54, 1.807) is 10.9 Å². The van der Waals surface area contributed by atoms with E-state index in [9.17, 15) is 9.59 Å². The zero-order valence-corrected chi connectivity index (χ0v) is 16.5. The maximum atomic E-state index is 11.4. The van der Waals surface area contributed by atoms with Gasteiger partial charge in [0.15, 0.2) is 0 Å². The Morgan fingerprint density at radius 1 is 0.839 bits per heavy atom. The van der Waals surface area contributed by atoms with Gasteiger partial charge in [0.05, 0.1) is 11.9 Å². The molecule has 7 heteroatoms. The van der Waals surface area contributed by atoms with Gasteiger partial charge in [-0.15, -0.1) is 0 Å². The fourth-order valence-electron chi connectivity index (χ4n) is 3.09. The molecule has 0 radical (unpaired) electrons. The third kappa shape index (κ3) is 4.56. The van der Waals surface area contributed by atoms with Crippen LogP contribution in [-0.2, 0) is 9.59 Å². The van der Waals surface area contributed by atoms with Crippen molar-refractivity contribution in [2.75, 3.05) is 0 Å². The lowest BCUT2D eigenvalue weighted by Crippen LogP contribution is -2.32. The van der Waals surface area contributed by atoms with Crippen molar-refractivity contribution in [2.45, 2.75) is 0 Å². The van der Waals surface area contributed by atoms with Gasteiger partial charge in [-0.25, -0.2) is 10.1 Å². The van der Waals surface area contributed by atoms with Crippen molar-refractivity contribution in [3.8, 4) is 28.1 Å². The number of hydrazone groups is 1. The summed E-state index contributed by atoms with van der Waals surface area (Å²) in [5.41, 5.74) is 12.4. The normalized spacial score (nSPS) is 10.8. The topological polar surface area (TPSA) is 102 Å².